The molecular formula is C31H23N3O4. The van der Waals surface area contributed by atoms with Crippen molar-refractivity contribution in [1.29, 1.82) is 0 Å². The van der Waals surface area contributed by atoms with Crippen molar-refractivity contribution < 1.29 is 18.8 Å². The number of benzene rings is 3. The summed E-state index contributed by atoms with van der Waals surface area (Å²) in [6.45, 7) is 0.216. The maximum Gasteiger partial charge on any atom is 0.307 e. The lowest BCUT2D eigenvalue weighted by Crippen LogP contribution is -2.54. The van der Waals surface area contributed by atoms with Crippen LogP contribution >= 0.6 is 0 Å². The Bertz CT molecular complexity index is 1560. The van der Waals surface area contributed by atoms with Gasteiger partial charge in [0.2, 0.25) is 11.8 Å². The summed E-state index contributed by atoms with van der Waals surface area (Å²) in [6.07, 6.45) is 3.07. The highest BCUT2D eigenvalue weighted by atomic mass is 16.3. The summed E-state index contributed by atoms with van der Waals surface area (Å²) in [5, 5.41) is 4.38. The van der Waals surface area contributed by atoms with Gasteiger partial charge in [-0.05, 0) is 39.9 Å². The van der Waals surface area contributed by atoms with E-state index in [9.17, 15) is 14.4 Å². The minimum absolute atomic E-state index is 0.131. The fourth-order valence-corrected chi connectivity index (χ4v) is 6.69. The van der Waals surface area contributed by atoms with Crippen molar-refractivity contribution in [2.75, 3.05) is 0 Å². The molecule has 3 aromatic carbocycles. The Morgan fingerprint density at radius 1 is 0.868 bits per heavy atom. The molecule has 4 aromatic rings. The normalized spacial score (nSPS) is 24.8. The molecule has 1 aliphatic heterocycles. The van der Waals surface area contributed by atoms with Crippen LogP contribution in [0.2, 0.25) is 0 Å². The largest absolute Gasteiger partial charge is 0.459 e. The molecule has 0 unspecified atom stereocenters. The SMILES string of the molecule is O=C(N/N=C\C12c3ccccc3C(c3ccccc31)[C@H]1C(=O)N(Cc3ccccc3)C(=O)[C@@H]12)c1ccco1. The molecule has 1 fully saturated rings. The van der Waals surface area contributed by atoms with Crippen LogP contribution in [0.1, 0.15) is 44.3 Å². The third-order valence-electron chi connectivity index (χ3n) is 8.14. The molecule has 0 radical (unpaired) electrons. The quantitative estimate of drug-likeness (QED) is 0.252. The molecule has 1 saturated heterocycles. The van der Waals surface area contributed by atoms with E-state index in [4.69, 9.17) is 4.42 Å². The van der Waals surface area contributed by atoms with Crippen molar-refractivity contribution >= 4 is 23.9 Å². The summed E-state index contributed by atoms with van der Waals surface area (Å²) in [6, 6.07) is 28.6. The average molecular weight is 502 g/mol. The van der Waals surface area contributed by atoms with Gasteiger partial charge in [0.25, 0.3) is 0 Å². The molecule has 38 heavy (non-hydrogen) atoms. The molecule has 0 saturated carbocycles. The van der Waals surface area contributed by atoms with E-state index in [1.807, 2.05) is 78.9 Å². The van der Waals surface area contributed by atoms with Gasteiger partial charge in [-0.15, -0.1) is 0 Å². The Morgan fingerprint density at radius 2 is 1.53 bits per heavy atom. The number of amides is 3. The standard InChI is InChI=1S/C31H23N3O4/c35-28(24-15-8-16-38-24)33-32-18-31-22-13-6-4-11-20(22)25(21-12-5-7-14-23(21)31)26-27(31)30(37)34(29(26)36)17-19-9-2-1-3-10-19/h1-16,18,25-27H,17H2,(H,33,35)/b32-18-/t25?,26-,27-,31?/m1/s1. The number of hydrazone groups is 1. The number of furan rings is 1. The van der Waals surface area contributed by atoms with Gasteiger partial charge in [-0.25, -0.2) is 5.43 Å². The van der Waals surface area contributed by atoms with Gasteiger partial charge in [-0.1, -0.05) is 78.9 Å². The first-order valence-electron chi connectivity index (χ1n) is 12.6. The number of carbonyl (C=O) groups excluding carboxylic acids is 3. The van der Waals surface area contributed by atoms with Crippen LogP contribution in [0.15, 0.2) is 107 Å². The minimum atomic E-state index is -1.03. The number of carbonyl (C=O) groups is 3. The number of likely N-dealkylation sites (tertiary alicyclic amines) is 1. The highest BCUT2D eigenvalue weighted by molar-refractivity contribution is 6.11. The molecule has 4 aliphatic rings. The molecule has 8 rings (SSSR count). The topological polar surface area (TPSA) is 92.0 Å². The summed E-state index contributed by atoms with van der Waals surface area (Å²) in [5.41, 5.74) is 6.31. The van der Waals surface area contributed by atoms with Gasteiger partial charge in [-0.2, -0.15) is 5.10 Å². The predicted molar refractivity (Wildman–Crippen MR) is 139 cm³/mol. The van der Waals surface area contributed by atoms with Crippen LogP contribution in [0, 0.1) is 11.8 Å². The van der Waals surface area contributed by atoms with E-state index in [1.54, 1.807) is 18.3 Å². The molecule has 2 bridgehead atoms. The van der Waals surface area contributed by atoms with Gasteiger partial charge >= 0.3 is 5.91 Å². The number of nitrogens with zero attached hydrogens (tertiary/aromatic N) is 2. The lowest BCUT2D eigenvalue weighted by molar-refractivity contribution is -0.140. The van der Waals surface area contributed by atoms with Crippen LogP contribution < -0.4 is 5.43 Å². The van der Waals surface area contributed by atoms with Crippen LogP contribution in [-0.4, -0.2) is 28.8 Å². The molecule has 0 spiro atoms. The first-order chi connectivity index (χ1) is 18.6. The van der Waals surface area contributed by atoms with Crippen molar-refractivity contribution in [2.45, 2.75) is 17.9 Å². The Morgan fingerprint density at radius 3 is 2.18 bits per heavy atom. The summed E-state index contributed by atoms with van der Waals surface area (Å²) in [7, 11) is 0. The molecule has 1 aromatic heterocycles. The van der Waals surface area contributed by atoms with Gasteiger partial charge in [0.05, 0.1) is 30.1 Å². The Kier molecular flexibility index (Phi) is 4.94. The first-order valence-corrected chi connectivity index (χ1v) is 12.6. The molecule has 3 amide bonds. The van der Waals surface area contributed by atoms with E-state index in [0.717, 1.165) is 27.8 Å². The molecule has 1 N–H and O–H groups in total. The van der Waals surface area contributed by atoms with Crippen molar-refractivity contribution in [3.05, 3.63) is 131 Å². The van der Waals surface area contributed by atoms with Crippen LogP contribution in [0.5, 0.6) is 0 Å². The number of rotatable bonds is 5. The van der Waals surface area contributed by atoms with Crippen LogP contribution in [0.4, 0.5) is 0 Å². The number of hydrogen-bond acceptors (Lipinski definition) is 5. The first kappa shape index (κ1) is 22.4. The predicted octanol–water partition coefficient (Wildman–Crippen LogP) is 4.24. The zero-order valence-corrected chi connectivity index (χ0v) is 20.3. The van der Waals surface area contributed by atoms with E-state index in [0.29, 0.717) is 0 Å². The van der Waals surface area contributed by atoms with Crippen molar-refractivity contribution in [1.82, 2.24) is 10.3 Å². The third kappa shape index (κ3) is 3.02. The second-order valence-electron chi connectivity index (χ2n) is 9.95. The van der Waals surface area contributed by atoms with Gasteiger partial charge in [0.1, 0.15) is 0 Å². The Labute approximate surface area is 218 Å². The number of nitrogens with one attached hydrogen (secondary N) is 1. The summed E-state index contributed by atoms with van der Waals surface area (Å²) >= 11 is 0. The molecule has 7 heteroatoms. The molecular weight excluding hydrogens is 478 g/mol. The highest BCUT2D eigenvalue weighted by Gasteiger charge is 2.67. The van der Waals surface area contributed by atoms with Gasteiger partial charge in [-0.3, -0.25) is 19.3 Å². The van der Waals surface area contributed by atoms with E-state index < -0.39 is 23.2 Å². The van der Waals surface area contributed by atoms with Crippen LogP contribution in [-0.2, 0) is 21.5 Å². The Hall–Kier alpha value is -4.78. The summed E-state index contributed by atoms with van der Waals surface area (Å²) in [5.74, 6) is -2.24. The smallest absolute Gasteiger partial charge is 0.307 e. The lowest BCUT2D eigenvalue weighted by Gasteiger charge is -2.52. The van der Waals surface area contributed by atoms with Crippen LogP contribution in [0.3, 0.4) is 0 Å². The lowest BCUT2D eigenvalue weighted by atomic mass is 9.47. The zero-order chi connectivity index (χ0) is 25.9. The molecule has 7 nitrogen and oxygen atoms in total. The van der Waals surface area contributed by atoms with Gasteiger partial charge < -0.3 is 4.42 Å². The number of imide groups is 1. The maximum absolute atomic E-state index is 14.2. The summed E-state index contributed by atoms with van der Waals surface area (Å²) in [4.78, 5) is 42.2. The minimum Gasteiger partial charge on any atom is -0.459 e. The second-order valence-corrected chi connectivity index (χ2v) is 9.95. The van der Waals surface area contributed by atoms with Crippen molar-refractivity contribution in [3.63, 3.8) is 0 Å². The molecule has 2 heterocycles. The van der Waals surface area contributed by atoms with E-state index in [1.165, 1.54) is 11.2 Å². The van der Waals surface area contributed by atoms with Gasteiger partial charge in [0.15, 0.2) is 5.76 Å². The number of hydrogen-bond donors (Lipinski definition) is 1. The maximum atomic E-state index is 14.2. The van der Waals surface area contributed by atoms with Crippen molar-refractivity contribution in [2.24, 2.45) is 16.9 Å². The third-order valence-corrected chi connectivity index (χ3v) is 8.14. The fourth-order valence-electron chi connectivity index (χ4n) is 6.69. The average Bonchev–Trinajstić information content (AvgIpc) is 3.58. The zero-order valence-electron chi connectivity index (χ0n) is 20.3. The fraction of sp³-hybridized carbons (Fsp3) is 0.161. The Balaban J connectivity index is 1.39. The van der Waals surface area contributed by atoms with E-state index >= 15 is 0 Å². The highest BCUT2D eigenvalue weighted by Crippen LogP contribution is 2.63. The summed E-state index contributed by atoms with van der Waals surface area (Å²) < 4.78 is 5.19. The van der Waals surface area contributed by atoms with Gasteiger partial charge in [0, 0.05) is 12.1 Å². The molecule has 186 valence electrons. The molecule has 3 aliphatic carbocycles. The monoisotopic (exact) mass is 501 g/mol. The van der Waals surface area contributed by atoms with Crippen molar-refractivity contribution in [3.8, 4) is 0 Å². The molecule has 2 atom stereocenters. The van der Waals surface area contributed by atoms with E-state index in [2.05, 4.69) is 10.5 Å². The second kappa shape index (κ2) is 8.38. The van der Waals surface area contributed by atoms with E-state index in [-0.39, 0.29) is 30.0 Å². The van der Waals surface area contributed by atoms with Crippen LogP contribution in [0.25, 0.3) is 0 Å².